The molecule has 1 atom stereocenters. The van der Waals surface area contributed by atoms with Gasteiger partial charge >= 0.3 is 5.97 Å². The molecule has 0 radical (unpaired) electrons. The zero-order valence-electron chi connectivity index (χ0n) is 17.3. The summed E-state index contributed by atoms with van der Waals surface area (Å²) in [6.07, 6.45) is 4.84. The molecule has 0 bridgehead atoms. The molecule has 2 saturated heterocycles. The number of carbonyl (C=O) groups is 2. The summed E-state index contributed by atoms with van der Waals surface area (Å²) in [6.45, 7) is 6.20. The Morgan fingerprint density at radius 2 is 2.10 bits per heavy atom. The molecule has 1 amide bonds. The van der Waals surface area contributed by atoms with Crippen molar-refractivity contribution in [2.24, 2.45) is 5.92 Å². The minimum atomic E-state index is -0.663. The van der Waals surface area contributed by atoms with Crippen molar-refractivity contribution in [1.29, 1.82) is 0 Å². The number of aromatic nitrogens is 1. The summed E-state index contributed by atoms with van der Waals surface area (Å²) >= 11 is 0. The molecule has 0 saturated carbocycles. The van der Waals surface area contributed by atoms with Crippen LogP contribution in [0.4, 0.5) is 0 Å². The van der Waals surface area contributed by atoms with Gasteiger partial charge < -0.3 is 4.74 Å². The van der Waals surface area contributed by atoms with Crippen LogP contribution >= 0.6 is 0 Å². The Morgan fingerprint density at radius 1 is 1.30 bits per heavy atom. The molecule has 2 aromatic rings. The molecule has 0 aliphatic carbocycles. The van der Waals surface area contributed by atoms with Gasteiger partial charge in [0.1, 0.15) is 0 Å². The van der Waals surface area contributed by atoms with Crippen LogP contribution in [0.15, 0.2) is 49.2 Å². The van der Waals surface area contributed by atoms with Crippen molar-refractivity contribution in [3.63, 3.8) is 0 Å². The average molecular weight is 409 g/mol. The van der Waals surface area contributed by atoms with E-state index in [0.29, 0.717) is 12.8 Å². The molecule has 0 N–H and O–H groups in total. The zero-order valence-corrected chi connectivity index (χ0v) is 17.3. The molecule has 3 heterocycles. The van der Waals surface area contributed by atoms with E-state index in [0.717, 1.165) is 30.5 Å². The Morgan fingerprint density at radius 3 is 2.83 bits per heavy atom. The summed E-state index contributed by atoms with van der Waals surface area (Å²) in [6, 6.07) is 10.2. The third-order valence-corrected chi connectivity index (χ3v) is 6.32. The van der Waals surface area contributed by atoms with Gasteiger partial charge in [0.05, 0.1) is 30.7 Å². The van der Waals surface area contributed by atoms with Gasteiger partial charge in [0.15, 0.2) is 0 Å². The van der Waals surface area contributed by atoms with Crippen LogP contribution < -0.4 is 0 Å². The highest BCUT2D eigenvalue weighted by molar-refractivity contribution is 5.88. The van der Waals surface area contributed by atoms with Crippen LogP contribution in [0, 0.1) is 5.92 Å². The van der Waals surface area contributed by atoms with E-state index >= 15 is 0 Å². The van der Waals surface area contributed by atoms with Gasteiger partial charge in [-0.25, -0.2) is 5.06 Å². The lowest BCUT2D eigenvalue weighted by molar-refractivity contribution is -0.218. The average Bonchev–Trinajstić information content (AvgIpc) is 3.04. The van der Waals surface area contributed by atoms with Crippen molar-refractivity contribution in [1.82, 2.24) is 14.9 Å². The van der Waals surface area contributed by atoms with E-state index in [1.807, 2.05) is 18.2 Å². The number of carbonyl (C=O) groups excluding carboxylic acids is 2. The summed E-state index contributed by atoms with van der Waals surface area (Å²) in [5, 5.41) is 2.59. The maximum Gasteiger partial charge on any atom is 0.311 e. The predicted molar refractivity (Wildman–Crippen MR) is 112 cm³/mol. The van der Waals surface area contributed by atoms with Gasteiger partial charge in [-0.1, -0.05) is 24.3 Å². The van der Waals surface area contributed by atoms with Gasteiger partial charge in [0.2, 0.25) is 5.91 Å². The number of rotatable bonds is 6. The van der Waals surface area contributed by atoms with Gasteiger partial charge in [-0.15, -0.1) is 6.58 Å². The van der Waals surface area contributed by atoms with Crippen molar-refractivity contribution in [3.8, 4) is 0 Å². The fourth-order valence-corrected chi connectivity index (χ4v) is 4.81. The van der Waals surface area contributed by atoms with Gasteiger partial charge in [0.25, 0.3) is 0 Å². The molecule has 2 aliphatic rings. The van der Waals surface area contributed by atoms with Crippen LogP contribution in [-0.2, 0) is 25.7 Å². The van der Waals surface area contributed by atoms with Gasteiger partial charge in [0, 0.05) is 37.6 Å². The Labute approximate surface area is 176 Å². The molecule has 7 heteroatoms. The number of hydroxylamine groups is 2. The van der Waals surface area contributed by atoms with Crippen molar-refractivity contribution in [2.45, 2.75) is 31.3 Å². The molecular formula is C23H27N3O4. The molecule has 4 rings (SSSR count). The Kier molecular flexibility index (Phi) is 5.83. The largest absolute Gasteiger partial charge is 0.469 e. The summed E-state index contributed by atoms with van der Waals surface area (Å²) in [5.41, 5.74) is 1.55. The summed E-state index contributed by atoms with van der Waals surface area (Å²) in [4.78, 5) is 37.6. The summed E-state index contributed by atoms with van der Waals surface area (Å²) in [5.74, 6) is -1.02. The lowest BCUT2D eigenvalue weighted by Gasteiger charge is -2.45. The van der Waals surface area contributed by atoms with Crippen molar-refractivity contribution >= 4 is 22.8 Å². The second-order valence-corrected chi connectivity index (χ2v) is 7.92. The second kappa shape index (κ2) is 8.53. The third-order valence-electron chi connectivity index (χ3n) is 6.32. The highest BCUT2D eigenvalue weighted by Crippen LogP contribution is 2.44. The number of pyridine rings is 1. The molecule has 158 valence electrons. The number of likely N-dealkylation sites (tertiary alicyclic amines) is 1. The fraction of sp³-hybridized carbons (Fsp3) is 0.435. The molecule has 1 spiro atoms. The minimum Gasteiger partial charge on any atom is -0.469 e. The van der Waals surface area contributed by atoms with E-state index < -0.39 is 11.5 Å². The number of ether oxygens (including phenoxy) is 1. The molecule has 0 unspecified atom stereocenters. The topological polar surface area (TPSA) is 72.0 Å². The molecule has 7 nitrogen and oxygen atoms in total. The van der Waals surface area contributed by atoms with E-state index in [1.165, 1.54) is 17.7 Å². The molecular weight excluding hydrogens is 382 g/mol. The Hall–Kier alpha value is -2.77. The molecule has 2 aliphatic heterocycles. The zero-order chi connectivity index (χ0) is 21.1. The highest BCUT2D eigenvalue weighted by Gasteiger charge is 2.58. The van der Waals surface area contributed by atoms with Gasteiger partial charge in [-0.05, 0) is 30.5 Å². The maximum atomic E-state index is 12.6. The summed E-state index contributed by atoms with van der Waals surface area (Å²) in [7, 11) is 1.37. The highest BCUT2D eigenvalue weighted by atomic mass is 16.7. The van der Waals surface area contributed by atoms with Crippen molar-refractivity contribution in [3.05, 3.63) is 54.7 Å². The first-order valence-electron chi connectivity index (χ1n) is 10.3. The smallest absolute Gasteiger partial charge is 0.311 e. The molecule has 2 fully saturated rings. The quantitative estimate of drug-likeness (QED) is 0.540. The van der Waals surface area contributed by atoms with Gasteiger partial charge in [-0.2, -0.15) is 0 Å². The van der Waals surface area contributed by atoms with E-state index in [1.54, 1.807) is 12.3 Å². The number of benzene rings is 1. The van der Waals surface area contributed by atoms with Crippen LogP contribution in [0.25, 0.3) is 10.9 Å². The number of fused-ring (bicyclic) bond motifs is 1. The predicted octanol–water partition coefficient (Wildman–Crippen LogP) is 2.71. The number of nitrogens with zero attached hydrogens (tertiary/aromatic N) is 3. The number of piperidine rings is 1. The van der Waals surface area contributed by atoms with Crippen LogP contribution in [0.2, 0.25) is 0 Å². The normalized spacial score (nSPS) is 21.3. The molecule has 1 aromatic heterocycles. The van der Waals surface area contributed by atoms with E-state index in [2.05, 4.69) is 28.6 Å². The molecule has 30 heavy (non-hydrogen) atoms. The number of esters is 1. The Balaban J connectivity index is 1.53. The lowest BCUT2D eigenvalue weighted by Crippen LogP contribution is -2.57. The number of amides is 1. The SMILES string of the molecule is C=CCON1C(=O)C[C@@H](C(=O)OC)C12CCN(Cc1cccc3ncccc13)CC2. The lowest BCUT2D eigenvalue weighted by atomic mass is 9.77. The first-order chi connectivity index (χ1) is 14.6. The monoisotopic (exact) mass is 409 g/mol. The van der Waals surface area contributed by atoms with E-state index in [-0.39, 0.29) is 24.9 Å². The van der Waals surface area contributed by atoms with E-state index in [4.69, 9.17) is 9.57 Å². The van der Waals surface area contributed by atoms with Crippen LogP contribution in [0.5, 0.6) is 0 Å². The first-order valence-corrected chi connectivity index (χ1v) is 10.3. The second-order valence-electron chi connectivity index (χ2n) is 7.92. The van der Waals surface area contributed by atoms with Crippen LogP contribution in [0.3, 0.4) is 0 Å². The van der Waals surface area contributed by atoms with Crippen molar-refractivity contribution in [2.75, 3.05) is 26.8 Å². The first kappa shape index (κ1) is 20.5. The fourth-order valence-electron chi connectivity index (χ4n) is 4.81. The Bertz CT molecular complexity index is 947. The minimum absolute atomic E-state index is 0.124. The van der Waals surface area contributed by atoms with E-state index in [9.17, 15) is 9.59 Å². The third kappa shape index (κ3) is 3.59. The number of hydrogen-bond donors (Lipinski definition) is 0. The van der Waals surface area contributed by atoms with Crippen molar-refractivity contribution < 1.29 is 19.2 Å². The number of methoxy groups -OCH3 is 1. The maximum absolute atomic E-state index is 12.6. The van der Waals surface area contributed by atoms with Gasteiger partial charge in [-0.3, -0.25) is 24.3 Å². The summed E-state index contributed by atoms with van der Waals surface area (Å²) < 4.78 is 5.02. The molecule has 1 aromatic carbocycles. The standard InChI is InChI=1S/C23H27N3O4/c1-3-14-30-26-21(27)15-19(22(28)29-2)23(26)9-12-25(13-10-23)16-17-6-4-8-20-18(17)7-5-11-24-20/h3-8,11,19H,1,9-10,12-16H2,2H3/t19-/m0/s1. The van der Waals surface area contributed by atoms with Crippen LogP contribution in [0.1, 0.15) is 24.8 Å². The van der Waals surface area contributed by atoms with Crippen LogP contribution in [-0.4, -0.2) is 59.2 Å². The number of hydrogen-bond acceptors (Lipinski definition) is 6.